The molecule has 3 aromatic heterocycles. The zero-order valence-electron chi connectivity index (χ0n) is 11.0. The van der Waals surface area contributed by atoms with Gasteiger partial charge in [0.15, 0.2) is 5.01 Å². The summed E-state index contributed by atoms with van der Waals surface area (Å²) in [5, 5.41) is 4.51. The van der Waals surface area contributed by atoms with Crippen LogP contribution in [0.25, 0.3) is 10.6 Å². The maximum absolute atomic E-state index is 12.5. The molecule has 4 nitrogen and oxygen atoms in total. The Kier molecular flexibility index (Phi) is 3.05. The first kappa shape index (κ1) is 12.7. The minimum absolute atomic E-state index is 0.0131. The largest absolute Gasteiger partial charge is 0.326 e. The van der Waals surface area contributed by atoms with Gasteiger partial charge in [0, 0.05) is 18.1 Å². The summed E-state index contributed by atoms with van der Waals surface area (Å²) < 4.78 is 0. The topological polar surface area (TPSA) is 46.1 Å². The fourth-order valence-corrected chi connectivity index (χ4v) is 3.93. The quantitative estimate of drug-likeness (QED) is 0.728. The van der Waals surface area contributed by atoms with Gasteiger partial charge in [-0.25, -0.2) is 4.98 Å². The lowest BCUT2D eigenvalue weighted by Gasteiger charge is -2.12. The smallest absolute Gasteiger partial charge is 0.283 e. The number of thiazole rings is 1. The van der Waals surface area contributed by atoms with E-state index in [1.165, 1.54) is 11.3 Å². The highest BCUT2D eigenvalue weighted by Crippen LogP contribution is 2.28. The number of amides is 1. The van der Waals surface area contributed by atoms with Gasteiger partial charge >= 0.3 is 0 Å². The highest BCUT2D eigenvalue weighted by Gasteiger charge is 2.26. The van der Waals surface area contributed by atoms with Gasteiger partial charge in [0.05, 0.1) is 22.8 Å². The van der Waals surface area contributed by atoms with E-state index >= 15 is 0 Å². The molecule has 104 valence electrons. The molecule has 0 aromatic carbocycles. The Balaban J connectivity index is 1.57. The maximum atomic E-state index is 12.5. The minimum atomic E-state index is -0.0131. The van der Waals surface area contributed by atoms with Gasteiger partial charge in [-0.3, -0.25) is 9.78 Å². The Morgan fingerprint density at radius 1 is 1.19 bits per heavy atom. The number of rotatable bonds is 2. The van der Waals surface area contributed by atoms with Crippen LogP contribution in [0.15, 0.2) is 41.2 Å². The second-order valence-corrected chi connectivity index (χ2v) is 6.59. The van der Waals surface area contributed by atoms with Gasteiger partial charge < -0.3 is 4.90 Å². The molecule has 1 aliphatic rings. The third-order valence-electron chi connectivity index (χ3n) is 3.43. The highest BCUT2D eigenvalue weighted by molar-refractivity contribution is 7.15. The molecule has 4 rings (SSSR count). The van der Waals surface area contributed by atoms with Crippen LogP contribution in [0.2, 0.25) is 0 Å². The first-order valence-electron chi connectivity index (χ1n) is 6.53. The van der Waals surface area contributed by atoms with Crippen LogP contribution in [-0.2, 0) is 13.1 Å². The number of carbonyl (C=O) groups is 1. The fraction of sp³-hybridized carbons (Fsp3) is 0.133. The molecule has 0 N–H and O–H groups in total. The first-order chi connectivity index (χ1) is 10.3. The molecule has 21 heavy (non-hydrogen) atoms. The third-order valence-corrected chi connectivity index (χ3v) is 5.16. The highest BCUT2D eigenvalue weighted by atomic mass is 32.1. The molecule has 0 saturated carbocycles. The number of hydrogen-bond acceptors (Lipinski definition) is 5. The van der Waals surface area contributed by atoms with Gasteiger partial charge in [-0.2, -0.15) is 0 Å². The van der Waals surface area contributed by atoms with Gasteiger partial charge in [-0.1, -0.05) is 12.1 Å². The first-order valence-corrected chi connectivity index (χ1v) is 8.28. The lowest BCUT2D eigenvalue weighted by atomic mass is 10.2. The second-order valence-electron chi connectivity index (χ2n) is 4.79. The van der Waals surface area contributed by atoms with Gasteiger partial charge in [-0.15, -0.1) is 22.7 Å². The molecule has 1 aliphatic heterocycles. The molecule has 0 fully saturated rings. The molecule has 0 bridgehead atoms. The van der Waals surface area contributed by atoms with Crippen molar-refractivity contribution in [3.8, 4) is 10.6 Å². The number of carbonyl (C=O) groups excluding carboxylic acids is 1. The van der Waals surface area contributed by atoms with E-state index in [4.69, 9.17) is 0 Å². The van der Waals surface area contributed by atoms with Crippen molar-refractivity contribution in [1.29, 1.82) is 0 Å². The Labute approximate surface area is 129 Å². The summed E-state index contributed by atoms with van der Waals surface area (Å²) in [6.45, 7) is 1.19. The van der Waals surface area contributed by atoms with E-state index in [-0.39, 0.29) is 5.91 Å². The van der Waals surface area contributed by atoms with Crippen LogP contribution in [0, 0.1) is 0 Å². The lowest BCUT2D eigenvalue weighted by molar-refractivity contribution is 0.0750. The zero-order valence-corrected chi connectivity index (χ0v) is 12.7. The number of pyridine rings is 1. The number of fused-ring (bicyclic) bond motifs is 1. The van der Waals surface area contributed by atoms with Gasteiger partial charge in [0.25, 0.3) is 5.91 Å². The fourth-order valence-electron chi connectivity index (χ4n) is 2.39. The standard InChI is InChI=1S/C15H11N3OS2/c19-15(18-7-10-3-1-5-16-11(10)8-18)14-17-12(9-21-14)13-4-2-6-20-13/h1-6,9H,7-8H2. The minimum Gasteiger partial charge on any atom is -0.326 e. The maximum Gasteiger partial charge on any atom is 0.283 e. The van der Waals surface area contributed by atoms with Crippen LogP contribution in [-0.4, -0.2) is 20.8 Å². The molecule has 0 spiro atoms. The van der Waals surface area contributed by atoms with E-state index in [1.54, 1.807) is 22.4 Å². The Hall–Kier alpha value is -2.05. The zero-order chi connectivity index (χ0) is 14.2. The summed E-state index contributed by atoms with van der Waals surface area (Å²) in [5.74, 6) is -0.0131. The molecular weight excluding hydrogens is 302 g/mol. The average Bonchev–Trinajstić information content (AvgIpc) is 3.24. The molecule has 3 aromatic rings. The van der Waals surface area contributed by atoms with Crippen molar-refractivity contribution in [2.75, 3.05) is 0 Å². The second kappa shape index (κ2) is 5.05. The van der Waals surface area contributed by atoms with Crippen LogP contribution < -0.4 is 0 Å². The summed E-state index contributed by atoms with van der Waals surface area (Å²) >= 11 is 3.04. The van der Waals surface area contributed by atoms with Crippen molar-refractivity contribution in [2.24, 2.45) is 0 Å². The Bertz CT molecular complexity index is 770. The SMILES string of the molecule is O=C(c1nc(-c2cccs2)cs1)N1Cc2cccnc2C1. The van der Waals surface area contributed by atoms with Gasteiger partial charge in [0.1, 0.15) is 0 Å². The summed E-state index contributed by atoms with van der Waals surface area (Å²) in [6, 6.07) is 7.94. The third kappa shape index (κ3) is 2.26. The number of hydrogen-bond donors (Lipinski definition) is 0. The van der Waals surface area contributed by atoms with Crippen molar-refractivity contribution < 1.29 is 4.79 Å². The number of thiophene rings is 1. The predicted octanol–water partition coefficient (Wildman–Crippen LogP) is 3.42. The molecule has 4 heterocycles. The summed E-state index contributed by atoms with van der Waals surface area (Å²) in [4.78, 5) is 24.2. The number of aromatic nitrogens is 2. The van der Waals surface area contributed by atoms with Gasteiger partial charge in [0.2, 0.25) is 0 Å². The van der Waals surface area contributed by atoms with Crippen LogP contribution >= 0.6 is 22.7 Å². The molecule has 1 amide bonds. The monoisotopic (exact) mass is 313 g/mol. The van der Waals surface area contributed by atoms with Crippen LogP contribution in [0.4, 0.5) is 0 Å². The van der Waals surface area contributed by atoms with E-state index in [2.05, 4.69) is 9.97 Å². The van der Waals surface area contributed by atoms with E-state index in [1.807, 2.05) is 35.0 Å². The molecule has 0 aliphatic carbocycles. The van der Waals surface area contributed by atoms with Crippen molar-refractivity contribution in [2.45, 2.75) is 13.1 Å². The van der Waals surface area contributed by atoms with Crippen molar-refractivity contribution >= 4 is 28.6 Å². The molecule has 0 atom stereocenters. The Morgan fingerprint density at radius 3 is 2.95 bits per heavy atom. The predicted molar refractivity (Wildman–Crippen MR) is 83.2 cm³/mol. The normalized spacial score (nSPS) is 13.4. The summed E-state index contributed by atoms with van der Waals surface area (Å²) in [5.41, 5.74) is 3.00. The average molecular weight is 313 g/mol. The van der Waals surface area contributed by atoms with E-state index in [9.17, 15) is 4.79 Å². The van der Waals surface area contributed by atoms with Gasteiger partial charge in [-0.05, 0) is 23.1 Å². The van der Waals surface area contributed by atoms with Crippen molar-refractivity contribution in [3.05, 3.63) is 57.5 Å². The summed E-state index contributed by atoms with van der Waals surface area (Å²) in [7, 11) is 0. The van der Waals surface area contributed by atoms with Crippen LogP contribution in [0.1, 0.15) is 21.1 Å². The molecule has 0 radical (unpaired) electrons. The van der Waals surface area contributed by atoms with Crippen LogP contribution in [0.5, 0.6) is 0 Å². The molecule has 0 unspecified atom stereocenters. The summed E-state index contributed by atoms with van der Waals surface area (Å²) in [6.07, 6.45) is 1.77. The molecule has 0 saturated heterocycles. The van der Waals surface area contributed by atoms with Crippen molar-refractivity contribution in [1.82, 2.24) is 14.9 Å². The van der Waals surface area contributed by atoms with E-state index in [0.717, 1.165) is 21.8 Å². The van der Waals surface area contributed by atoms with E-state index < -0.39 is 0 Å². The number of nitrogens with zero attached hydrogens (tertiary/aromatic N) is 3. The van der Waals surface area contributed by atoms with E-state index in [0.29, 0.717) is 18.1 Å². The van der Waals surface area contributed by atoms with Crippen molar-refractivity contribution in [3.63, 3.8) is 0 Å². The van der Waals surface area contributed by atoms with Crippen LogP contribution in [0.3, 0.4) is 0 Å². The molecular formula is C15H11N3OS2. The lowest BCUT2D eigenvalue weighted by Crippen LogP contribution is -2.25. The molecule has 6 heteroatoms. The Morgan fingerprint density at radius 2 is 2.14 bits per heavy atom.